The van der Waals surface area contributed by atoms with Gasteiger partial charge in [0.2, 0.25) is 0 Å². The SMILES string of the molecule is CC(C)(C)C1=CC(=C2C(=O)N(c3ccccc3)N=C2c2ccc(C(F)(F)F)cc2)C=C(C(C)(C)C)C1=O. The quantitative estimate of drug-likeness (QED) is 0.402. The molecule has 1 aliphatic heterocycles. The van der Waals surface area contributed by atoms with Crippen LogP contribution in [0.15, 0.2) is 94.1 Å². The summed E-state index contributed by atoms with van der Waals surface area (Å²) in [5.74, 6) is -0.498. The van der Waals surface area contributed by atoms with Gasteiger partial charge >= 0.3 is 6.18 Å². The first-order valence-corrected chi connectivity index (χ1v) is 12.0. The maximum absolute atomic E-state index is 13.8. The van der Waals surface area contributed by atoms with Gasteiger partial charge in [0.1, 0.15) is 5.71 Å². The zero-order chi connectivity index (χ0) is 27.3. The van der Waals surface area contributed by atoms with Gasteiger partial charge in [0.25, 0.3) is 5.91 Å². The van der Waals surface area contributed by atoms with E-state index in [1.807, 2.05) is 47.6 Å². The molecule has 7 heteroatoms. The van der Waals surface area contributed by atoms with Crippen LogP contribution in [0.5, 0.6) is 0 Å². The monoisotopic (exact) mass is 506 g/mol. The molecular weight excluding hydrogens is 477 g/mol. The van der Waals surface area contributed by atoms with Crippen LogP contribution in [0.2, 0.25) is 0 Å². The molecule has 0 saturated carbocycles. The standard InChI is InChI=1S/C30H29F3N2O2/c1-28(2,3)22-16-19(17-23(26(22)36)29(4,5)6)24-25(18-12-14-20(15-13-18)30(31,32)33)34-35(27(24)37)21-10-8-7-9-11-21/h7-17H,1-6H3. The van der Waals surface area contributed by atoms with E-state index >= 15 is 0 Å². The van der Waals surface area contributed by atoms with Crippen molar-refractivity contribution in [3.05, 3.63) is 100 Å². The number of Topliss-reactive ketones (excluding diaryl/α,β-unsaturated/α-hetero) is 1. The molecule has 2 aromatic carbocycles. The Morgan fingerprint density at radius 1 is 0.730 bits per heavy atom. The van der Waals surface area contributed by atoms with Gasteiger partial charge in [-0.1, -0.05) is 71.9 Å². The van der Waals surface area contributed by atoms with E-state index in [0.29, 0.717) is 28.0 Å². The number of benzene rings is 2. The predicted octanol–water partition coefficient (Wildman–Crippen LogP) is 7.28. The number of hydrogen-bond acceptors (Lipinski definition) is 3. The van der Waals surface area contributed by atoms with E-state index in [1.165, 1.54) is 17.1 Å². The summed E-state index contributed by atoms with van der Waals surface area (Å²) in [6.45, 7) is 11.6. The Bertz CT molecular complexity index is 1340. The molecule has 4 nitrogen and oxygen atoms in total. The molecular formula is C30H29F3N2O2. The molecule has 0 bridgehead atoms. The second-order valence-corrected chi connectivity index (χ2v) is 11.3. The summed E-state index contributed by atoms with van der Waals surface area (Å²) in [6.07, 6.45) is -1.04. The number of halogens is 3. The third-order valence-electron chi connectivity index (χ3n) is 6.32. The molecule has 0 fully saturated rings. The summed E-state index contributed by atoms with van der Waals surface area (Å²) < 4.78 is 39.6. The molecule has 192 valence electrons. The van der Waals surface area contributed by atoms with Crippen LogP contribution in [0.25, 0.3) is 0 Å². The third-order valence-corrected chi connectivity index (χ3v) is 6.32. The second kappa shape index (κ2) is 8.98. The van der Waals surface area contributed by atoms with Gasteiger partial charge in [-0.3, -0.25) is 9.59 Å². The van der Waals surface area contributed by atoms with Crippen LogP contribution in [-0.4, -0.2) is 17.4 Å². The zero-order valence-electron chi connectivity index (χ0n) is 21.7. The van der Waals surface area contributed by atoms with Crippen LogP contribution < -0.4 is 5.01 Å². The number of carbonyl (C=O) groups is 2. The molecule has 1 heterocycles. The van der Waals surface area contributed by atoms with Gasteiger partial charge in [-0.25, -0.2) is 0 Å². The van der Waals surface area contributed by atoms with Crippen molar-refractivity contribution in [3.63, 3.8) is 0 Å². The van der Waals surface area contributed by atoms with E-state index in [0.717, 1.165) is 12.1 Å². The van der Waals surface area contributed by atoms with Crippen molar-refractivity contribution in [1.82, 2.24) is 0 Å². The minimum absolute atomic E-state index is 0.0808. The van der Waals surface area contributed by atoms with Crippen molar-refractivity contribution in [2.24, 2.45) is 15.9 Å². The minimum Gasteiger partial charge on any atom is -0.289 e. The molecule has 0 N–H and O–H groups in total. The first-order chi connectivity index (χ1) is 17.1. The Hall–Kier alpha value is -3.74. The van der Waals surface area contributed by atoms with Gasteiger partial charge in [0, 0.05) is 16.7 Å². The van der Waals surface area contributed by atoms with Crippen LogP contribution in [0.1, 0.15) is 52.7 Å². The van der Waals surface area contributed by atoms with E-state index in [2.05, 4.69) is 5.10 Å². The lowest BCUT2D eigenvalue weighted by molar-refractivity contribution is -0.137. The maximum Gasteiger partial charge on any atom is 0.416 e. The lowest BCUT2D eigenvalue weighted by atomic mass is 9.71. The molecule has 0 radical (unpaired) electrons. The van der Waals surface area contributed by atoms with Crippen molar-refractivity contribution in [1.29, 1.82) is 0 Å². The molecule has 0 unspecified atom stereocenters. The summed E-state index contributed by atoms with van der Waals surface area (Å²) in [4.78, 5) is 27.3. The number of hydrazone groups is 1. The summed E-state index contributed by atoms with van der Waals surface area (Å²) >= 11 is 0. The topological polar surface area (TPSA) is 49.7 Å². The van der Waals surface area contributed by atoms with E-state index in [1.54, 1.807) is 36.4 Å². The van der Waals surface area contributed by atoms with E-state index in [-0.39, 0.29) is 17.1 Å². The number of hydrogen-bond donors (Lipinski definition) is 0. The Kier molecular flexibility index (Phi) is 6.39. The molecule has 4 rings (SSSR count). The molecule has 1 aliphatic carbocycles. The molecule has 1 amide bonds. The van der Waals surface area contributed by atoms with Crippen molar-refractivity contribution in [2.45, 2.75) is 47.7 Å². The first-order valence-electron chi connectivity index (χ1n) is 12.0. The second-order valence-electron chi connectivity index (χ2n) is 11.3. The summed E-state index contributed by atoms with van der Waals surface area (Å²) in [6, 6.07) is 13.4. The van der Waals surface area contributed by atoms with Gasteiger partial charge in [0.05, 0.1) is 16.8 Å². The molecule has 37 heavy (non-hydrogen) atoms. The first kappa shape index (κ1) is 26.3. The average Bonchev–Trinajstić information content (AvgIpc) is 3.15. The van der Waals surface area contributed by atoms with Crippen LogP contribution in [0.3, 0.4) is 0 Å². The highest BCUT2D eigenvalue weighted by Crippen LogP contribution is 2.41. The lowest BCUT2D eigenvalue weighted by Crippen LogP contribution is -2.29. The number of allylic oxidation sites excluding steroid dienone is 5. The number of carbonyl (C=O) groups excluding carboxylic acids is 2. The van der Waals surface area contributed by atoms with E-state index < -0.39 is 28.5 Å². The number of alkyl halides is 3. The highest BCUT2D eigenvalue weighted by atomic mass is 19.4. The number of anilines is 1. The fourth-order valence-electron chi connectivity index (χ4n) is 4.31. The van der Waals surface area contributed by atoms with Crippen LogP contribution >= 0.6 is 0 Å². The Morgan fingerprint density at radius 2 is 1.24 bits per heavy atom. The zero-order valence-corrected chi connectivity index (χ0v) is 21.7. The largest absolute Gasteiger partial charge is 0.416 e. The van der Waals surface area contributed by atoms with Crippen molar-refractivity contribution >= 4 is 23.1 Å². The Morgan fingerprint density at radius 3 is 1.70 bits per heavy atom. The van der Waals surface area contributed by atoms with Crippen LogP contribution in [-0.2, 0) is 15.8 Å². The van der Waals surface area contributed by atoms with Gasteiger partial charge < -0.3 is 0 Å². The number of rotatable bonds is 2. The van der Waals surface area contributed by atoms with Gasteiger partial charge in [-0.15, -0.1) is 0 Å². The lowest BCUT2D eigenvalue weighted by Gasteiger charge is -2.31. The van der Waals surface area contributed by atoms with Gasteiger partial charge in [0.15, 0.2) is 5.78 Å². The molecule has 2 aliphatic rings. The normalized spacial score (nSPS) is 17.2. The van der Waals surface area contributed by atoms with Gasteiger partial charge in [-0.2, -0.15) is 23.3 Å². The molecule has 0 aromatic heterocycles. The van der Waals surface area contributed by atoms with Gasteiger partial charge in [-0.05, 0) is 52.8 Å². The molecule has 0 atom stereocenters. The number of ketones is 1. The number of nitrogens with zero attached hydrogens (tertiary/aromatic N) is 2. The number of amides is 1. The van der Waals surface area contributed by atoms with Crippen molar-refractivity contribution in [2.75, 3.05) is 5.01 Å². The van der Waals surface area contributed by atoms with Crippen LogP contribution in [0.4, 0.5) is 18.9 Å². The van der Waals surface area contributed by atoms with Crippen molar-refractivity contribution in [3.8, 4) is 0 Å². The fraction of sp³-hybridized carbons (Fsp3) is 0.300. The third kappa shape index (κ3) is 5.08. The van der Waals surface area contributed by atoms with Crippen molar-refractivity contribution < 1.29 is 22.8 Å². The van der Waals surface area contributed by atoms with E-state index in [9.17, 15) is 22.8 Å². The Balaban J connectivity index is 1.99. The highest BCUT2D eigenvalue weighted by Gasteiger charge is 2.39. The fourth-order valence-corrected chi connectivity index (χ4v) is 4.31. The molecule has 2 aromatic rings. The smallest absolute Gasteiger partial charge is 0.289 e. The highest BCUT2D eigenvalue weighted by molar-refractivity contribution is 6.36. The Labute approximate surface area is 214 Å². The number of para-hydroxylation sites is 1. The predicted molar refractivity (Wildman–Crippen MR) is 139 cm³/mol. The molecule has 0 spiro atoms. The molecule has 0 saturated heterocycles. The average molecular weight is 507 g/mol. The maximum atomic E-state index is 13.8. The summed E-state index contributed by atoms with van der Waals surface area (Å²) in [5, 5.41) is 5.82. The van der Waals surface area contributed by atoms with Crippen LogP contribution in [0, 0.1) is 10.8 Å². The summed E-state index contributed by atoms with van der Waals surface area (Å²) in [5.41, 5.74) is 1.22. The minimum atomic E-state index is -4.48. The summed E-state index contributed by atoms with van der Waals surface area (Å²) in [7, 11) is 0. The van der Waals surface area contributed by atoms with E-state index in [4.69, 9.17) is 0 Å².